The summed E-state index contributed by atoms with van der Waals surface area (Å²) in [5, 5.41) is 4.56. The van der Waals surface area contributed by atoms with Gasteiger partial charge in [0.15, 0.2) is 17.3 Å². The van der Waals surface area contributed by atoms with E-state index in [1.54, 1.807) is 33.5 Å². The van der Waals surface area contributed by atoms with Gasteiger partial charge in [-0.25, -0.2) is 4.68 Å². The van der Waals surface area contributed by atoms with Crippen LogP contribution in [0, 0.1) is 6.92 Å². The van der Waals surface area contributed by atoms with E-state index < -0.39 is 0 Å². The number of carbonyl (C=O) groups is 1. The Balaban J connectivity index is 1.67. The van der Waals surface area contributed by atoms with Gasteiger partial charge < -0.3 is 14.2 Å². The van der Waals surface area contributed by atoms with Gasteiger partial charge in [0.25, 0.3) is 5.56 Å². The van der Waals surface area contributed by atoms with Crippen LogP contribution in [0.2, 0.25) is 0 Å². The molecule has 4 aromatic rings. The Bertz CT molecular complexity index is 1460. The molecule has 0 saturated carbocycles. The van der Waals surface area contributed by atoms with Gasteiger partial charge in [-0.1, -0.05) is 48.0 Å². The average molecular weight is 499 g/mol. The molecule has 0 aliphatic carbocycles. The number of hydrogen-bond donors (Lipinski definition) is 0. The SMILES string of the molecule is COc1cccc(Cc2cc(-c3ccc(C)cc3)nn(CC(=O)Cc3ccc(OC)c(OC)c3)c2=O)c1. The maximum absolute atomic E-state index is 13.4. The van der Waals surface area contributed by atoms with Crippen molar-refractivity contribution in [3.8, 4) is 28.5 Å². The van der Waals surface area contributed by atoms with Crippen LogP contribution in [0.3, 0.4) is 0 Å². The number of ether oxygens (including phenoxy) is 3. The predicted molar refractivity (Wildman–Crippen MR) is 143 cm³/mol. The Morgan fingerprint density at radius 1 is 0.838 bits per heavy atom. The molecular weight excluding hydrogens is 468 g/mol. The normalized spacial score (nSPS) is 10.7. The van der Waals surface area contributed by atoms with Crippen LogP contribution in [0.5, 0.6) is 17.2 Å². The summed E-state index contributed by atoms with van der Waals surface area (Å²) in [6.45, 7) is 1.87. The van der Waals surface area contributed by atoms with Crippen molar-refractivity contribution in [2.24, 2.45) is 0 Å². The van der Waals surface area contributed by atoms with E-state index in [2.05, 4.69) is 5.10 Å². The first-order valence-electron chi connectivity index (χ1n) is 11.9. The molecule has 0 bridgehead atoms. The first-order valence-corrected chi connectivity index (χ1v) is 11.9. The van der Waals surface area contributed by atoms with E-state index in [1.807, 2.05) is 67.6 Å². The zero-order valence-electron chi connectivity index (χ0n) is 21.5. The number of rotatable bonds is 10. The van der Waals surface area contributed by atoms with Crippen molar-refractivity contribution in [2.75, 3.05) is 21.3 Å². The van der Waals surface area contributed by atoms with Crippen molar-refractivity contribution < 1.29 is 19.0 Å². The molecule has 0 saturated heterocycles. The molecule has 37 heavy (non-hydrogen) atoms. The molecular formula is C30H30N2O5. The van der Waals surface area contributed by atoms with Crippen LogP contribution >= 0.6 is 0 Å². The fourth-order valence-electron chi connectivity index (χ4n) is 4.14. The Morgan fingerprint density at radius 2 is 1.59 bits per heavy atom. The summed E-state index contributed by atoms with van der Waals surface area (Å²) >= 11 is 0. The lowest BCUT2D eigenvalue weighted by Crippen LogP contribution is -2.30. The molecule has 0 spiro atoms. The van der Waals surface area contributed by atoms with E-state index >= 15 is 0 Å². The van der Waals surface area contributed by atoms with Gasteiger partial charge in [0.2, 0.25) is 0 Å². The highest BCUT2D eigenvalue weighted by Crippen LogP contribution is 2.28. The van der Waals surface area contributed by atoms with E-state index in [4.69, 9.17) is 14.2 Å². The summed E-state index contributed by atoms with van der Waals surface area (Å²) in [5.41, 5.74) is 4.59. The number of hydrogen-bond acceptors (Lipinski definition) is 6. The van der Waals surface area contributed by atoms with E-state index in [0.717, 1.165) is 28.0 Å². The van der Waals surface area contributed by atoms with Crippen LogP contribution in [0.1, 0.15) is 22.3 Å². The number of aryl methyl sites for hydroxylation is 1. The van der Waals surface area contributed by atoms with Gasteiger partial charge in [-0.15, -0.1) is 0 Å². The van der Waals surface area contributed by atoms with Gasteiger partial charge in [-0.05, 0) is 48.4 Å². The van der Waals surface area contributed by atoms with Crippen molar-refractivity contribution in [1.82, 2.24) is 9.78 Å². The molecule has 0 aliphatic heterocycles. The second-order valence-electron chi connectivity index (χ2n) is 8.82. The number of carbonyl (C=O) groups excluding carboxylic acids is 1. The van der Waals surface area contributed by atoms with Crippen LogP contribution < -0.4 is 19.8 Å². The highest BCUT2D eigenvalue weighted by atomic mass is 16.5. The Labute approximate surface area is 216 Å². The Morgan fingerprint density at radius 3 is 2.30 bits per heavy atom. The first kappa shape index (κ1) is 25.7. The first-order chi connectivity index (χ1) is 17.9. The second-order valence-corrected chi connectivity index (χ2v) is 8.82. The lowest BCUT2D eigenvalue weighted by atomic mass is 10.0. The molecule has 7 nitrogen and oxygen atoms in total. The van der Waals surface area contributed by atoms with Gasteiger partial charge in [-0.2, -0.15) is 5.10 Å². The predicted octanol–water partition coefficient (Wildman–Crippen LogP) is 4.65. The lowest BCUT2D eigenvalue weighted by Gasteiger charge is -2.12. The molecule has 0 fully saturated rings. The third-order valence-electron chi connectivity index (χ3n) is 6.10. The van der Waals surface area contributed by atoms with Crippen molar-refractivity contribution in [3.05, 3.63) is 105 Å². The van der Waals surface area contributed by atoms with E-state index in [9.17, 15) is 9.59 Å². The van der Waals surface area contributed by atoms with E-state index in [1.165, 1.54) is 4.68 Å². The average Bonchev–Trinajstić information content (AvgIpc) is 2.91. The van der Waals surface area contributed by atoms with Crippen LogP contribution in [0.15, 0.2) is 77.6 Å². The number of nitrogens with zero attached hydrogens (tertiary/aromatic N) is 2. The molecule has 1 aromatic heterocycles. The fraction of sp³-hybridized carbons (Fsp3) is 0.233. The van der Waals surface area contributed by atoms with Crippen molar-refractivity contribution in [2.45, 2.75) is 26.3 Å². The zero-order valence-corrected chi connectivity index (χ0v) is 21.5. The van der Waals surface area contributed by atoms with E-state index in [0.29, 0.717) is 29.2 Å². The summed E-state index contributed by atoms with van der Waals surface area (Å²) in [4.78, 5) is 26.5. The molecule has 3 aromatic carbocycles. The van der Waals surface area contributed by atoms with Crippen LogP contribution in [-0.4, -0.2) is 36.9 Å². The molecule has 0 aliphatic rings. The molecule has 190 valence electrons. The number of benzene rings is 3. The molecule has 0 radical (unpaired) electrons. The van der Waals surface area contributed by atoms with Crippen LogP contribution in [-0.2, 0) is 24.2 Å². The zero-order chi connectivity index (χ0) is 26.4. The molecule has 0 N–H and O–H groups in total. The van der Waals surface area contributed by atoms with Crippen molar-refractivity contribution in [1.29, 1.82) is 0 Å². The summed E-state index contributed by atoms with van der Waals surface area (Å²) in [5.74, 6) is 1.71. The van der Waals surface area contributed by atoms with Crippen molar-refractivity contribution >= 4 is 5.78 Å². The summed E-state index contributed by atoms with van der Waals surface area (Å²) in [7, 11) is 4.72. The second kappa shape index (κ2) is 11.6. The molecule has 0 amide bonds. The Kier molecular flexibility index (Phi) is 8.03. The minimum atomic E-state index is -0.292. The topological polar surface area (TPSA) is 79.7 Å². The number of ketones is 1. The highest BCUT2D eigenvalue weighted by molar-refractivity contribution is 5.81. The van der Waals surface area contributed by atoms with Gasteiger partial charge in [-0.3, -0.25) is 9.59 Å². The molecule has 4 rings (SSSR count). The summed E-state index contributed by atoms with van der Waals surface area (Å²) in [6, 6.07) is 22.7. The van der Waals surface area contributed by atoms with Crippen LogP contribution in [0.25, 0.3) is 11.3 Å². The minimum absolute atomic E-state index is 0.133. The van der Waals surface area contributed by atoms with Crippen molar-refractivity contribution in [3.63, 3.8) is 0 Å². The smallest absolute Gasteiger partial charge is 0.270 e. The van der Waals surface area contributed by atoms with Crippen LogP contribution in [0.4, 0.5) is 0 Å². The lowest BCUT2D eigenvalue weighted by molar-refractivity contribution is -0.119. The molecule has 0 unspecified atom stereocenters. The fourth-order valence-corrected chi connectivity index (χ4v) is 4.14. The van der Waals surface area contributed by atoms with Gasteiger partial charge in [0, 0.05) is 24.0 Å². The number of methoxy groups -OCH3 is 3. The largest absolute Gasteiger partial charge is 0.497 e. The van der Waals surface area contributed by atoms with Gasteiger partial charge >= 0.3 is 0 Å². The molecule has 0 atom stereocenters. The quantitative estimate of drug-likeness (QED) is 0.317. The Hall–Kier alpha value is -4.39. The maximum Gasteiger partial charge on any atom is 0.270 e. The highest BCUT2D eigenvalue weighted by Gasteiger charge is 2.15. The van der Waals surface area contributed by atoms with Gasteiger partial charge in [0.1, 0.15) is 12.3 Å². The molecule has 7 heteroatoms. The van der Waals surface area contributed by atoms with Gasteiger partial charge in [0.05, 0.1) is 27.0 Å². The standard InChI is InChI=1S/C30H30N2O5/c1-20-8-11-23(12-9-20)27-18-24(14-21-6-5-7-26(16-21)35-2)30(34)32(31-27)19-25(33)15-22-10-13-28(36-3)29(17-22)37-4/h5-13,16-18H,14-15,19H2,1-4H3. The third kappa shape index (κ3) is 6.25. The van der Waals surface area contributed by atoms with E-state index in [-0.39, 0.29) is 24.3 Å². The molecule has 1 heterocycles. The summed E-state index contributed by atoms with van der Waals surface area (Å²) in [6.07, 6.45) is 0.524. The monoisotopic (exact) mass is 498 g/mol. The third-order valence-corrected chi connectivity index (χ3v) is 6.10. The maximum atomic E-state index is 13.4. The number of Topliss-reactive ketones (excluding diaryl/α,β-unsaturated/α-hetero) is 1. The summed E-state index contributed by atoms with van der Waals surface area (Å²) < 4.78 is 17.2. The number of aromatic nitrogens is 2. The minimum Gasteiger partial charge on any atom is -0.497 e.